The van der Waals surface area contributed by atoms with Gasteiger partial charge in [-0.25, -0.2) is 0 Å². The summed E-state index contributed by atoms with van der Waals surface area (Å²) < 4.78 is 5.19. The second-order valence-corrected chi connectivity index (χ2v) is 8.30. The molecule has 2 aromatic rings. The summed E-state index contributed by atoms with van der Waals surface area (Å²) in [6.45, 7) is 1.88. The van der Waals surface area contributed by atoms with E-state index in [1.54, 1.807) is 24.3 Å². The standard InChI is InChI=1S/C25H29N3O4S/c29-22(13-14-23(30)32-17-7-10-19-8-2-1-3-9-19)27-25(33)26-21-12-6-11-20(18-21)24(31)28-15-4-5-16-28/h1-3,6,8-9,11-12,18H,4-5,7,10,13-17H2,(H2,26,27,29,33). The number of thiocarbonyl (C=S) groups is 1. The number of carbonyl (C=O) groups is 3. The summed E-state index contributed by atoms with van der Waals surface area (Å²) in [5.74, 6) is -0.795. The third kappa shape index (κ3) is 8.31. The van der Waals surface area contributed by atoms with E-state index < -0.39 is 5.97 Å². The molecule has 2 aromatic carbocycles. The number of carbonyl (C=O) groups excluding carboxylic acids is 3. The van der Waals surface area contributed by atoms with Crippen molar-refractivity contribution in [1.82, 2.24) is 10.2 Å². The lowest BCUT2D eigenvalue weighted by atomic mass is 10.1. The van der Waals surface area contributed by atoms with E-state index in [1.165, 1.54) is 5.56 Å². The Morgan fingerprint density at radius 2 is 1.73 bits per heavy atom. The van der Waals surface area contributed by atoms with Crippen LogP contribution < -0.4 is 10.6 Å². The zero-order valence-corrected chi connectivity index (χ0v) is 19.4. The van der Waals surface area contributed by atoms with Crippen molar-refractivity contribution in [3.05, 3.63) is 65.7 Å². The minimum atomic E-state index is -0.412. The van der Waals surface area contributed by atoms with Gasteiger partial charge in [-0.2, -0.15) is 0 Å². The van der Waals surface area contributed by atoms with Gasteiger partial charge in [0.2, 0.25) is 5.91 Å². The van der Waals surface area contributed by atoms with Crippen molar-refractivity contribution in [2.45, 2.75) is 38.5 Å². The Bertz CT molecular complexity index is 975. The van der Waals surface area contributed by atoms with E-state index in [1.807, 2.05) is 35.2 Å². The van der Waals surface area contributed by atoms with E-state index in [0.29, 0.717) is 17.9 Å². The molecule has 0 atom stereocenters. The number of hydrogen-bond donors (Lipinski definition) is 2. The zero-order chi connectivity index (χ0) is 23.5. The topological polar surface area (TPSA) is 87.7 Å². The van der Waals surface area contributed by atoms with Crippen molar-refractivity contribution in [3.63, 3.8) is 0 Å². The van der Waals surface area contributed by atoms with Crippen LogP contribution in [0.4, 0.5) is 5.69 Å². The summed E-state index contributed by atoms with van der Waals surface area (Å²) >= 11 is 5.19. The largest absolute Gasteiger partial charge is 0.466 e. The first-order valence-corrected chi connectivity index (χ1v) is 11.6. The monoisotopic (exact) mass is 467 g/mol. The molecule has 1 fully saturated rings. The molecule has 0 aromatic heterocycles. The molecule has 0 saturated carbocycles. The van der Waals surface area contributed by atoms with Gasteiger partial charge in [0.1, 0.15) is 0 Å². The molecule has 174 valence electrons. The van der Waals surface area contributed by atoms with E-state index in [-0.39, 0.29) is 29.8 Å². The fourth-order valence-electron chi connectivity index (χ4n) is 3.58. The van der Waals surface area contributed by atoms with Gasteiger partial charge in [0.15, 0.2) is 5.11 Å². The van der Waals surface area contributed by atoms with Crippen LogP contribution in [0, 0.1) is 0 Å². The molecule has 8 heteroatoms. The Morgan fingerprint density at radius 1 is 0.970 bits per heavy atom. The minimum Gasteiger partial charge on any atom is -0.466 e. The lowest BCUT2D eigenvalue weighted by molar-refractivity contribution is -0.145. The second kappa shape index (κ2) is 12.7. The summed E-state index contributed by atoms with van der Waals surface area (Å²) in [7, 11) is 0. The third-order valence-electron chi connectivity index (χ3n) is 5.29. The van der Waals surface area contributed by atoms with E-state index in [0.717, 1.165) is 38.8 Å². The smallest absolute Gasteiger partial charge is 0.306 e. The molecule has 33 heavy (non-hydrogen) atoms. The van der Waals surface area contributed by atoms with Crippen molar-refractivity contribution < 1.29 is 19.1 Å². The van der Waals surface area contributed by atoms with Crippen LogP contribution in [0.5, 0.6) is 0 Å². The molecular formula is C25H29N3O4S. The van der Waals surface area contributed by atoms with Crippen molar-refractivity contribution in [1.29, 1.82) is 0 Å². The van der Waals surface area contributed by atoms with E-state index in [4.69, 9.17) is 17.0 Å². The number of esters is 1. The van der Waals surface area contributed by atoms with Crippen LogP contribution >= 0.6 is 12.2 Å². The number of nitrogens with one attached hydrogen (secondary N) is 2. The van der Waals surface area contributed by atoms with Crippen molar-refractivity contribution in [3.8, 4) is 0 Å². The van der Waals surface area contributed by atoms with Gasteiger partial charge in [0.25, 0.3) is 5.91 Å². The maximum absolute atomic E-state index is 12.5. The summed E-state index contributed by atoms with van der Waals surface area (Å²) in [5, 5.41) is 5.58. The normalized spacial score (nSPS) is 12.8. The number of nitrogens with zero attached hydrogens (tertiary/aromatic N) is 1. The van der Waals surface area contributed by atoms with E-state index >= 15 is 0 Å². The van der Waals surface area contributed by atoms with Crippen molar-refractivity contribution in [2.24, 2.45) is 0 Å². The minimum absolute atomic E-state index is 0.00613. The Labute approximate surface area is 199 Å². The van der Waals surface area contributed by atoms with Gasteiger partial charge < -0.3 is 20.3 Å². The van der Waals surface area contributed by atoms with E-state index in [2.05, 4.69) is 10.6 Å². The molecule has 1 saturated heterocycles. The number of aryl methyl sites for hydroxylation is 1. The van der Waals surface area contributed by atoms with Crippen LogP contribution in [0.1, 0.15) is 48.0 Å². The molecule has 0 spiro atoms. The molecule has 0 aliphatic carbocycles. The molecule has 2 N–H and O–H groups in total. The molecule has 7 nitrogen and oxygen atoms in total. The number of ether oxygens (including phenoxy) is 1. The Balaban J connectivity index is 1.34. The van der Waals surface area contributed by atoms with Crippen LogP contribution in [0.2, 0.25) is 0 Å². The molecule has 1 aliphatic rings. The average Bonchev–Trinajstić information content (AvgIpc) is 3.36. The van der Waals surface area contributed by atoms with Gasteiger partial charge in [-0.1, -0.05) is 36.4 Å². The van der Waals surface area contributed by atoms with Crippen LogP contribution in [0.15, 0.2) is 54.6 Å². The highest BCUT2D eigenvalue weighted by Gasteiger charge is 2.19. The summed E-state index contributed by atoms with van der Waals surface area (Å²) in [4.78, 5) is 38.3. The average molecular weight is 468 g/mol. The fraction of sp³-hybridized carbons (Fsp3) is 0.360. The molecule has 0 radical (unpaired) electrons. The number of anilines is 1. The maximum Gasteiger partial charge on any atom is 0.306 e. The first-order valence-electron chi connectivity index (χ1n) is 11.2. The summed E-state index contributed by atoms with van der Waals surface area (Å²) in [6.07, 6.45) is 3.59. The number of rotatable bonds is 9. The molecule has 0 unspecified atom stereocenters. The fourth-order valence-corrected chi connectivity index (χ4v) is 3.81. The van der Waals surface area contributed by atoms with Gasteiger partial charge in [-0.3, -0.25) is 14.4 Å². The van der Waals surface area contributed by atoms with Gasteiger partial charge in [-0.15, -0.1) is 0 Å². The van der Waals surface area contributed by atoms with Crippen LogP contribution in [0.3, 0.4) is 0 Å². The van der Waals surface area contributed by atoms with Crippen LogP contribution in [-0.4, -0.2) is 47.5 Å². The summed E-state index contributed by atoms with van der Waals surface area (Å²) in [5.41, 5.74) is 2.38. The second-order valence-electron chi connectivity index (χ2n) is 7.89. The lowest BCUT2D eigenvalue weighted by Crippen LogP contribution is -2.34. The number of benzene rings is 2. The van der Waals surface area contributed by atoms with Crippen molar-refractivity contribution in [2.75, 3.05) is 25.0 Å². The Kier molecular flexibility index (Phi) is 9.38. The predicted octanol–water partition coefficient (Wildman–Crippen LogP) is 3.69. The number of amides is 2. The Morgan fingerprint density at radius 3 is 2.48 bits per heavy atom. The number of likely N-dealkylation sites (tertiary alicyclic amines) is 1. The SMILES string of the molecule is O=C(CCC(=O)OCCCc1ccccc1)NC(=S)Nc1cccc(C(=O)N2CCCC2)c1. The number of hydrogen-bond acceptors (Lipinski definition) is 5. The van der Waals surface area contributed by atoms with Gasteiger partial charge in [0, 0.05) is 30.8 Å². The molecular weight excluding hydrogens is 438 g/mol. The highest BCUT2D eigenvalue weighted by atomic mass is 32.1. The quantitative estimate of drug-likeness (QED) is 0.332. The highest BCUT2D eigenvalue weighted by Crippen LogP contribution is 2.16. The molecule has 2 amide bonds. The highest BCUT2D eigenvalue weighted by molar-refractivity contribution is 7.80. The molecule has 1 heterocycles. The zero-order valence-electron chi connectivity index (χ0n) is 18.5. The van der Waals surface area contributed by atoms with Crippen LogP contribution in [-0.2, 0) is 20.7 Å². The lowest BCUT2D eigenvalue weighted by Gasteiger charge is -2.16. The van der Waals surface area contributed by atoms with Gasteiger partial charge in [0.05, 0.1) is 13.0 Å². The first kappa shape index (κ1) is 24.4. The Hall–Kier alpha value is -3.26. The summed E-state index contributed by atoms with van der Waals surface area (Å²) in [6, 6.07) is 17.0. The van der Waals surface area contributed by atoms with Gasteiger partial charge in [-0.05, 0) is 61.7 Å². The predicted molar refractivity (Wildman–Crippen MR) is 131 cm³/mol. The van der Waals surface area contributed by atoms with Crippen molar-refractivity contribution >= 4 is 40.8 Å². The molecule has 3 rings (SSSR count). The molecule has 0 bridgehead atoms. The van der Waals surface area contributed by atoms with Gasteiger partial charge >= 0.3 is 5.97 Å². The third-order valence-corrected chi connectivity index (χ3v) is 5.49. The van der Waals surface area contributed by atoms with E-state index in [9.17, 15) is 14.4 Å². The van der Waals surface area contributed by atoms with Crippen LogP contribution in [0.25, 0.3) is 0 Å². The maximum atomic E-state index is 12.5. The first-order chi connectivity index (χ1) is 16.0. The molecule has 1 aliphatic heterocycles.